The van der Waals surface area contributed by atoms with Gasteiger partial charge in [0.15, 0.2) is 5.96 Å². The van der Waals surface area contributed by atoms with Crippen molar-refractivity contribution in [3.63, 3.8) is 0 Å². The highest BCUT2D eigenvalue weighted by molar-refractivity contribution is 5.95. The van der Waals surface area contributed by atoms with Crippen LogP contribution in [0.1, 0.15) is 30.9 Å². The van der Waals surface area contributed by atoms with Crippen LogP contribution in [0, 0.1) is 11.6 Å². The van der Waals surface area contributed by atoms with Crippen LogP contribution in [-0.2, 0) is 17.8 Å². The highest BCUT2D eigenvalue weighted by atomic mass is 19.1. The minimum absolute atomic E-state index is 0.0302. The molecule has 29 heavy (non-hydrogen) atoms. The van der Waals surface area contributed by atoms with Gasteiger partial charge < -0.3 is 15.5 Å². The van der Waals surface area contributed by atoms with Gasteiger partial charge in [0.25, 0.3) is 0 Å². The fourth-order valence-electron chi connectivity index (χ4n) is 3.35. The quantitative estimate of drug-likeness (QED) is 0.426. The van der Waals surface area contributed by atoms with Gasteiger partial charge in [0, 0.05) is 37.3 Å². The molecule has 154 valence electrons. The lowest BCUT2D eigenvalue weighted by molar-refractivity contribution is -0.118. The van der Waals surface area contributed by atoms with E-state index >= 15 is 0 Å². The van der Waals surface area contributed by atoms with Crippen LogP contribution >= 0.6 is 0 Å². The summed E-state index contributed by atoms with van der Waals surface area (Å²) < 4.78 is 27.0. The second kappa shape index (κ2) is 10.0. The predicted molar refractivity (Wildman–Crippen MR) is 111 cm³/mol. The number of nitrogens with one attached hydrogen (secondary N) is 2. The third-order valence-electron chi connectivity index (χ3n) is 4.81. The van der Waals surface area contributed by atoms with Gasteiger partial charge in [-0.05, 0) is 49.6 Å². The van der Waals surface area contributed by atoms with E-state index in [-0.39, 0.29) is 18.0 Å². The summed E-state index contributed by atoms with van der Waals surface area (Å²) in [6, 6.07) is 11.3. The normalized spacial score (nSPS) is 13.3. The van der Waals surface area contributed by atoms with E-state index in [0.717, 1.165) is 36.9 Å². The largest absolute Gasteiger partial charge is 0.357 e. The first-order valence-corrected chi connectivity index (χ1v) is 9.93. The number of benzene rings is 2. The molecule has 2 N–H and O–H groups in total. The van der Waals surface area contributed by atoms with Gasteiger partial charge in [0.2, 0.25) is 5.91 Å². The molecule has 1 aliphatic rings. The molecule has 0 spiro atoms. The van der Waals surface area contributed by atoms with Crippen molar-refractivity contribution in [3.05, 3.63) is 65.2 Å². The lowest BCUT2D eigenvalue weighted by Gasteiger charge is -2.17. The molecular formula is C22H26F2N4O. The molecule has 0 atom stereocenters. The first-order chi connectivity index (χ1) is 14.1. The monoisotopic (exact) mass is 400 g/mol. The van der Waals surface area contributed by atoms with Crippen LogP contribution in [0.3, 0.4) is 0 Å². The van der Waals surface area contributed by atoms with E-state index in [9.17, 15) is 13.6 Å². The zero-order valence-corrected chi connectivity index (χ0v) is 16.5. The molecule has 2 aromatic carbocycles. The molecule has 0 saturated carbocycles. The summed E-state index contributed by atoms with van der Waals surface area (Å²) in [4.78, 5) is 18.7. The fraction of sp³-hybridized carbons (Fsp3) is 0.364. The first-order valence-electron chi connectivity index (χ1n) is 9.93. The van der Waals surface area contributed by atoms with Crippen molar-refractivity contribution in [2.45, 2.75) is 32.7 Å². The zero-order chi connectivity index (χ0) is 20.6. The third-order valence-corrected chi connectivity index (χ3v) is 4.81. The Kier molecular flexibility index (Phi) is 7.16. The van der Waals surface area contributed by atoms with Crippen molar-refractivity contribution in [2.75, 3.05) is 24.5 Å². The molecule has 2 aromatic rings. The highest BCUT2D eigenvalue weighted by Crippen LogP contribution is 2.27. The molecule has 3 rings (SSSR count). The number of carbonyl (C=O) groups is 1. The Morgan fingerprint density at radius 2 is 2.00 bits per heavy atom. The summed E-state index contributed by atoms with van der Waals surface area (Å²) in [6.07, 6.45) is 1.98. The molecule has 0 aromatic heterocycles. The summed E-state index contributed by atoms with van der Waals surface area (Å²) >= 11 is 0. The van der Waals surface area contributed by atoms with Crippen molar-refractivity contribution in [1.82, 2.24) is 10.6 Å². The van der Waals surface area contributed by atoms with Crippen molar-refractivity contribution in [1.29, 1.82) is 0 Å². The second-order valence-corrected chi connectivity index (χ2v) is 6.89. The molecule has 5 nitrogen and oxygen atoms in total. The Hall–Kier alpha value is -2.96. The van der Waals surface area contributed by atoms with Crippen molar-refractivity contribution in [2.24, 2.45) is 4.99 Å². The summed E-state index contributed by atoms with van der Waals surface area (Å²) in [7, 11) is 0. The number of para-hydroxylation sites is 1. The molecule has 1 heterocycles. The van der Waals surface area contributed by atoms with E-state index in [1.54, 1.807) is 0 Å². The van der Waals surface area contributed by atoms with Crippen LogP contribution < -0.4 is 15.5 Å². The Labute approximate surface area is 169 Å². The van der Waals surface area contributed by atoms with Crippen LogP contribution in [0.5, 0.6) is 0 Å². The van der Waals surface area contributed by atoms with Gasteiger partial charge >= 0.3 is 0 Å². The second-order valence-electron chi connectivity index (χ2n) is 6.89. The Morgan fingerprint density at radius 1 is 1.17 bits per heavy atom. The van der Waals surface area contributed by atoms with Crippen LogP contribution in [0.15, 0.2) is 47.5 Å². The molecule has 0 unspecified atom stereocenters. The number of nitrogens with zero attached hydrogens (tertiary/aromatic N) is 2. The minimum atomic E-state index is -0.489. The van der Waals surface area contributed by atoms with Gasteiger partial charge in [-0.1, -0.05) is 18.2 Å². The Morgan fingerprint density at radius 3 is 2.83 bits per heavy atom. The van der Waals surface area contributed by atoms with Crippen molar-refractivity contribution in [3.8, 4) is 0 Å². The number of anilines is 1. The van der Waals surface area contributed by atoms with E-state index in [1.807, 2.05) is 30.0 Å². The topological polar surface area (TPSA) is 56.7 Å². The average molecular weight is 400 g/mol. The van der Waals surface area contributed by atoms with Crippen LogP contribution in [0.25, 0.3) is 0 Å². The number of carbonyl (C=O) groups excluding carboxylic acids is 1. The summed E-state index contributed by atoms with van der Waals surface area (Å²) in [5, 5.41) is 6.21. The van der Waals surface area contributed by atoms with E-state index in [0.29, 0.717) is 31.9 Å². The molecular weight excluding hydrogens is 374 g/mol. The average Bonchev–Trinajstić information content (AvgIpc) is 3.15. The summed E-state index contributed by atoms with van der Waals surface area (Å²) in [6.45, 7) is 3.88. The van der Waals surface area contributed by atoms with Gasteiger partial charge in [-0.15, -0.1) is 0 Å². The number of fused-ring (bicyclic) bond motifs is 1. The number of amides is 1. The van der Waals surface area contributed by atoms with Crippen molar-refractivity contribution < 1.29 is 13.6 Å². The number of aliphatic imine (C=N–C) groups is 1. The SMILES string of the molecule is CCNC(=NCc1cc(F)ccc1F)NCCCC(=O)N1CCc2ccccc21. The first kappa shape index (κ1) is 20.8. The summed E-state index contributed by atoms with van der Waals surface area (Å²) in [5.41, 5.74) is 2.42. The van der Waals surface area contributed by atoms with Gasteiger partial charge in [-0.25, -0.2) is 13.8 Å². The standard InChI is InChI=1S/C22H26F2N4O/c1-2-25-22(27-15-17-14-18(23)9-10-19(17)24)26-12-5-8-21(29)28-13-11-16-6-3-4-7-20(16)28/h3-4,6-7,9-10,14H,2,5,8,11-13,15H2,1H3,(H2,25,26,27). The molecule has 7 heteroatoms. The molecule has 0 bridgehead atoms. The van der Waals surface area contributed by atoms with Crippen LogP contribution in [-0.4, -0.2) is 31.5 Å². The van der Waals surface area contributed by atoms with E-state index in [4.69, 9.17) is 0 Å². The fourth-order valence-corrected chi connectivity index (χ4v) is 3.35. The van der Waals surface area contributed by atoms with Crippen LogP contribution in [0.2, 0.25) is 0 Å². The summed E-state index contributed by atoms with van der Waals surface area (Å²) in [5.74, 6) is -0.352. The maximum absolute atomic E-state index is 13.7. The highest BCUT2D eigenvalue weighted by Gasteiger charge is 2.23. The van der Waals surface area contributed by atoms with Gasteiger partial charge in [0.05, 0.1) is 6.54 Å². The number of rotatable bonds is 7. The molecule has 0 aliphatic carbocycles. The molecule has 1 aliphatic heterocycles. The lowest BCUT2D eigenvalue weighted by atomic mass is 10.2. The molecule has 0 fully saturated rings. The lowest BCUT2D eigenvalue weighted by Crippen LogP contribution is -2.38. The van der Waals surface area contributed by atoms with E-state index in [1.165, 1.54) is 5.56 Å². The number of halogens is 2. The Balaban J connectivity index is 1.48. The third kappa shape index (κ3) is 5.53. The predicted octanol–water partition coefficient (Wildman–Crippen LogP) is 3.39. The minimum Gasteiger partial charge on any atom is -0.357 e. The number of hydrogen-bond donors (Lipinski definition) is 2. The number of hydrogen-bond acceptors (Lipinski definition) is 2. The van der Waals surface area contributed by atoms with Crippen molar-refractivity contribution >= 4 is 17.6 Å². The maximum Gasteiger partial charge on any atom is 0.227 e. The molecule has 1 amide bonds. The maximum atomic E-state index is 13.7. The molecule has 0 saturated heterocycles. The number of guanidine groups is 1. The van der Waals surface area contributed by atoms with E-state index in [2.05, 4.69) is 21.7 Å². The zero-order valence-electron chi connectivity index (χ0n) is 16.5. The van der Waals surface area contributed by atoms with Gasteiger partial charge in [-0.3, -0.25) is 4.79 Å². The Bertz CT molecular complexity index is 885. The van der Waals surface area contributed by atoms with Gasteiger partial charge in [-0.2, -0.15) is 0 Å². The van der Waals surface area contributed by atoms with E-state index < -0.39 is 11.6 Å². The van der Waals surface area contributed by atoms with Crippen LogP contribution in [0.4, 0.5) is 14.5 Å². The molecule has 0 radical (unpaired) electrons. The smallest absolute Gasteiger partial charge is 0.227 e. The van der Waals surface area contributed by atoms with Gasteiger partial charge in [0.1, 0.15) is 11.6 Å².